The van der Waals surface area contributed by atoms with Crippen molar-refractivity contribution in [1.82, 2.24) is 5.32 Å². The molecule has 1 saturated heterocycles. The highest BCUT2D eigenvalue weighted by Gasteiger charge is 2.24. The van der Waals surface area contributed by atoms with Crippen molar-refractivity contribution in [1.29, 1.82) is 0 Å². The summed E-state index contributed by atoms with van der Waals surface area (Å²) in [7, 11) is 1.49. The fourth-order valence-electron chi connectivity index (χ4n) is 3.31. The fourth-order valence-corrected chi connectivity index (χ4v) is 3.77. The molecule has 10 heteroatoms. The molecule has 0 aromatic heterocycles. The van der Waals surface area contributed by atoms with Crippen LogP contribution in [0.2, 0.25) is 5.02 Å². The quantitative estimate of drug-likeness (QED) is 0.400. The van der Waals surface area contributed by atoms with Crippen molar-refractivity contribution >= 4 is 51.9 Å². The molecule has 2 aromatic carbocycles. The number of halogens is 1. The average molecular weight is 449 g/mol. The normalized spacial score (nSPS) is 13.1. The Morgan fingerprint density at radius 2 is 1.97 bits per heavy atom. The third kappa shape index (κ3) is 4.80. The van der Waals surface area contributed by atoms with Gasteiger partial charge in [-0.25, -0.2) is 0 Å². The summed E-state index contributed by atoms with van der Waals surface area (Å²) in [5.41, 5.74) is 2.17. The van der Waals surface area contributed by atoms with Gasteiger partial charge in [0.05, 0.1) is 17.1 Å². The number of nitro benzene ring substituents is 1. The first-order valence-electron chi connectivity index (χ1n) is 9.30. The summed E-state index contributed by atoms with van der Waals surface area (Å²) in [5.74, 6) is 0.0289. The van der Waals surface area contributed by atoms with Gasteiger partial charge in [0, 0.05) is 30.4 Å². The molecule has 30 heavy (non-hydrogen) atoms. The Balaban J connectivity index is 1.77. The molecule has 0 aliphatic carbocycles. The predicted molar refractivity (Wildman–Crippen MR) is 121 cm³/mol. The molecule has 8 nitrogen and oxygen atoms in total. The van der Waals surface area contributed by atoms with E-state index in [0.29, 0.717) is 33.3 Å². The molecule has 1 heterocycles. The zero-order valence-corrected chi connectivity index (χ0v) is 18.1. The van der Waals surface area contributed by atoms with E-state index in [2.05, 4.69) is 10.6 Å². The first-order valence-corrected chi connectivity index (χ1v) is 10.1. The molecule has 1 aliphatic heterocycles. The summed E-state index contributed by atoms with van der Waals surface area (Å²) in [4.78, 5) is 25.6. The van der Waals surface area contributed by atoms with Crippen LogP contribution in [0, 0.1) is 17.0 Å². The van der Waals surface area contributed by atoms with Crippen LogP contribution >= 0.6 is 23.8 Å². The third-order valence-electron chi connectivity index (χ3n) is 4.85. The standard InChI is InChI=1S/C20H21ClN4O4S/c1-12-9-17(25(27)28)16(24-7-3-4-8-24)11-15(12)22-20(30)23-19(26)13-5-6-18(29-2)14(21)10-13/h5-6,9-11H,3-4,7-8H2,1-2H3,(H2,22,23,26,30). The summed E-state index contributed by atoms with van der Waals surface area (Å²) < 4.78 is 5.08. The lowest BCUT2D eigenvalue weighted by molar-refractivity contribution is -0.384. The molecule has 1 fully saturated rings. The average Bonchev–Trinajstić information content (AvgIpc) is 3.23. The van der Waals surface area contributed by atoms with Gasteiger partial charge in [0.25, 0.3) is 11.6 Å². The highest BCUT2D eigenvalue weighted by Crippen LogP contribution is 2.35. The fraction of sp³-hybridized carbons (Fsp3) is 0.300. The maximum absolute atomic E-state index is 12.5. The van der Waals surface area contributed by atoms with Gasteiger partial charge in [-0.15, -0.1) is 0 Å². The largest absolute Gasteiger partial charge is 0.495 e. The smallest absolute Gasteiger partial charge is 0.292 e. The lowest BCUT2D eigenvalue weighted by Crippen LogP contribution is -2.34. The Morgan fingerprint density at radius 1 is 1.27 bits per heavy atom. The number of hydrogen-bond donors (Lipinski definition) is 2. The Bertz CT molecular complexity index is 1010. The molecule has 3 rings (SSSR count). The van der Waals surface area contributed by atoms with Gasteiger partial charge in [0.1, 0.15) is 11.4 Å². The van der Waals surface area contributed by atoms with E-state index < -0.39 is 5.91 Å². The highest BCUT2D eigenvalue weighted by atomic mass is 35.5. The summed E-state index contributed by atoms with van der Waals surface area (Å²) in [6.45, 7) is 3.28. The second-order valence-electron chi connectivity index (χ2n) is 6.86. The Morgan fingerprint density at radius 3 is 2.57 bits per heavy atom. The van der Waals surface area contributed by atoms with Crippen LogP contribution in [0.5, 0.6) is 5.75 Å². The summed E-state index contributed by atoms with van der Waals surface area (Å²) in [6.07, 6.45) is 1.99. The zero-order valence-electron chi connectivity index (χ0n) is 16.5. The van der Waals surface area contributed by atoms with Gasteiger partial charge in [0.15, 0.2) is 5.11 Å². The van der Waals surface area contributed by atoms with Crippen molar-refractivity contribution in [3.05, 3.63) is 56.6 Å². The van der Waals surface area contributed by atoms with Gasteiger partial charge < -0.3 is 15.0 Å². The lowest BCUT2D eigenvalue weighted by atomic mass is 10.1. The number of hydrogen-bond acceptors (Lipinski definition) is 6. The number of nitro groups is 1. The second-order valence-corrected chi connectivity index (χ2v) is 7.68. The SMILES string of the molecule is COc1ccc(C(=O)NC(=S)Nc2cc(N3CCCC3)c([N+](=O)[O-])cc2C)cc1Cl. The molecule has 0 unspecified atom stereocenters. The molecule has 0 radical (unpaired) electrons. The zero-order chi connectivity index (χ0) is 21.8. The Labute approximate surface area is 184 Å². The summed E-state index contributed by atoms with van der Waals surface area (Å²) >= 11 is 11.3. The maximum atomic E-state index is 12.5. The molecule has 0 saturated carbocycles. The third-order valence-corrected chi connectivity index (χ3v) is 5.35. The van der Waals surface area contributed by atoms with Gasteiger partial charge in [-0.05, 0) is 61.8 Å². The molecular formula is C20H21ClN4O4S. The number of benzene rings is 2. The van der Waals surface area contributed by atoms with Crippen molar-refractivity contribution in [2.75, 3.05) is 30.4 Å². The maximum Gasteiger partial charge on any atom is 0.292 e. The number of ether oxygens (including phenoxy) is 1. The van der Waals surface area contributed by atoms with Crippen molar-refractivity contribution in [2.24, 2.45) is 0 Å². The molecule has 1 amide bonds. The van der Waals surface area contributed by atoms with Crippen LogP contribution in [0.15, 0.2) is 30.3 Å². The Kier molecular flexibility index (Phi) is 6.73. The van der Waals surface area contributed by atoms with E-state index in [1.165, 1.54) is 19.2 Å². The van der Waals surface area contributed by atoms with Crippen LogP contribution < -0.4 is 20.3 Å². The van der Waals surface area contributed by atoms with Crippen LogP contribution in [0.25, 0.3) is 0 Å². The van der Waals surface area contributed by atoms with E-state index in [0.717, 1.165) is 25.9 Å². The van der Waals surface area contributed by atoms with E-state index in [1.54, 1.807) is 25.1 Å². The molecule has 158 valence electrons. The minimum absolute atomic E-state index is 0.0581. The highest BCUT2D eigenvalue weighted by molar-refractivity contribution is 7.80. The molecule has 0 atom stereocenters. The van der Waals surface area contributed by atoms with Gasteiger partial charge in [0.2, 0.25) is 0 Å². The molecule has 2 N–H and O–H groups in total. The first-order chi connectivity index (χ1) is 14.3. The van der Waals surface area contributed by atoms with E-state index in [9.17, 15) is 14.9 Å². The molecular weight excluding hydrogens is 428 g/mol. The monoisotopic (exact) mass is 448 g/mol. The van der Waals surface area contributed by atoms with Crippen LogP contribution in [0.1, 0.15) is 28.8 Å². The van der Waals surface area contributed by atoms with Gasteiger partial charge in [-0.1, -0.05) is 11.6 Å². The number of aryl methyl sites for hydroxylation is 1. The topological polar surface area (TPSA) is 96.7 Å². The van der Waals surface area contributed by atoms with Crippen LogP contribution in [0.3, 0.4) is 0 Å². The van der Waals surface area contributed by atoms with Crippen molar-refractivity contribution in [3.63, 3.8) is 0 Å². The molecule has 0 bridgehead atoms. The molecule has 1 aliphatic rings. The van der Waals surface area contributed by atoms with Crippen molar-refractivity contribution in [2.45, 2.75) is 19.8 Å². The number of anilines is 2. The number of thiocarbonyl (C=S) groups is 1. The number of amides is 1. The number of rotatable bonds is 5. The van der Waals surface area contributed by atoms with Crippen LogP contribution in [0.4, 0.5) is 17.1 Å². The first kappa shape index (κ1) is 21.8. The molecule has 0 spiro atoms. The number of nitrogens with one attached hydrogen (secondary N) is 2. The van der Waals surface area contributed by atoms with E-state index in [4.69, 9.17) is 28.6 Å². The predicted octanol–water partition coefficient (Wildman–Crippen LogP) is 4.29. The lowest BCUT2D eigenvalue weighted by Gasteiger charge is -2.20. The van der Waals surface area contributed by atoms with Gasteiger partial charge in [-0.3, -0.25) is 20.2 Å². The minimum atomic E-state index is -0.434. The van der Waals surface area contributed by atoms with Gasteiger partial charge >= 0.3 is 0 Å². The Hall–Kier alpha value is -2.91. The summed E-state index contributed by atoms with van der Waals surface area (Å²) in [5, 5.41) is 17.5. The second kappa shape index (κ2) is 9.27. The van der Waals surface area contributed by atoms with E-state index >= 15 is 0 Å². The van der Waals surface area contributed by atoms with Gasteiger partial charge in [-0.2, -0.15) is 0 Å². The van der Waals surface area contributed by atoms with E-state index in [-0.39, 0.29) is 15.7 Å². The number of carbonyl (C=O) groups is 1. The minimum Gasteiger partial charge on any atom is -0.495 e. The summed E-state index contributed by atoms with van der Waals surface area (Å²) in [6, 6.07) is 7.88. The number of methoxy groups -OCH3 is 1. The number of carbonyl (C=O) groups excluding carboxylic acids is 1. The van der Waals surface area contributed by atoms with Crippen molar-refractivity contribution < 1.29 is 14.5 Å². The number of nitrogens with zero attached hydrogens (tertiary/aromatic N) is 2. The van der Waals surface area contributed by atoms with Crippen LogP contribution in [-0.2, 0) is 0 Å². The van der Waals surface area contributed by atoms with E-state index in [1.807, 2.05) is 4.90 Å². The molecule has 2 aromatic rings. The van der Waals surface area contributed by atoms with Crippen LogP contribution in [-0.4, -0.2) is 36.1 Å². The van der Waals surface area contributed by atoms with Crippen molar-refractivity contribution in [3.8, 4) is 5.75 Å².